The molecule has 0 bridgehead atoms. The van der Waals surface area contributed by atoms with Gasteiger partial charge in [0.2, 0.25) is 0 Å². The second-order valence-corrected chi connectivity index (χ2v) is 2.49. The van der Waals surface area contributed by atoms with Crippen LogP contribution in [0.25, 0.3) is 0 Å². The standard InChI is InChI=1S/C10H9O/c1-2-5-9(6-3-1)10-7-4-8-11-10/h1-8,10H/t10-/m1/s1. The Morgan fingerprint density at radius 3 is 2.55 bits per heavy atom. The molecule has 0 saturated carbocycles. The van der Waals surface area contributed by atoms with Crippen molar-refractivity contribution in [2.75, 3.05) is 0 Å². The van der Waals surface area contributed by atoms with Gasteiger partial charge in [0.25, 0.3) is 0 Å². The third-order valence-electron chi connectivity index (χ3n) is 1.72. The molecule has 55 valence electrons. The van der Waals surface area contributed by atoms with Gasteiger partial charge in [0, 0.05) is 6.42 Å². The highest BCUT2D eigenvalue weighted by atomic mass is 16.5. The van der Waals surface area contributed by atoms with Crippen molar-refractivity contribution in [3.8, 4) is 0 Å². The lowest BCUT2D eigenvalue weighted by atomic mass is 10.1. The minimum Gasteiger partial charge on any atom is -0.493 e. The van der Waals surface area contributed by atoms with Crippen LogP contribution >= 0.6 is 0 Å². The highest BCUT2D eigenvalue weighted by Gasteiger charge is 2.12. The Balaban J connectivity index is 2.17. The molecule has 0 N–H and O–H groups in total. The lowest BCUT2D eigenvalue weighted by Gasteiger charge is -2.08. The molecule has 1 radical (unpaired) electrons. The van der Waals surface area contributed by atoms with Crippen molar-refractivity contribution in [1.29, 1.82) is 0 Å². The Kier molecular flexibility index (Phi) is 1.64. The third-order valence-corrected chi connectivity index (χ3v) is 1.72. The molecule has 1 heteroatoms. The first kappa shape index (κ1) is 6.47. The second kappa shape index (κ2) is 2.79. The van der Waals surface area contributed by atoms with Gasteiger partial charge < -0.3 is 4.74 Å². The fourth-order valence-corrected chi connectivity index (χ4v) is 1.15. The van der Waals surface area contributed by atoms with Crippen LogP contribution in [0.2, 0.25) is 0 Å². The van der Waals surface area contributed by atoms with Crippen LogP contribution in [0.3, 0.4) is 0 Å². The molecule has 1 nitrogen and oxygen atoms in total. The van der Waals surface area contributed by atoms with Crippen molar-refractivity contribution in [3.63, 3.8) is 0 Å². The summed E-state index contributed by atoms with van der Waals surface area (Å²) in [5.74, 6) is 0. The lowest BCUT2D eigenvalue weighted by Crippen LogP contribution is -1.94. The first-order chi connectivity index (χ1) is 5.47. The van der Waals surface area contributed by atoms with E-state index in [1.54, 1.807) is 6.26 Å². The molecule has 0 amide bonds. The van der Waals surface area contributed by atoms with E-state index in [2.05, 4.69) is 12.1 Å². The predicted octanol–water partition coefficient (Wildman–Crippen LogP) is 2.48. The molecule has 0 spiro atoms. The predicted molar refractivity (Wildman–Crippen MR) is 43.7 cm³/mol. The molecular formula is C10H9O. The van der Waals surface area contributed by atoms with Gasteiger partial charge in [-0.2, -0.15) is 0 Å². The Labute approximate surface area is 66.3 Å². The summed E-state index contributed by atoms with van der Waals surface area (Å²) in [6.45, 7) is 0. The average molecular weight is 145 g/mol. The summed E-state index contributed by atoms with van der Waals surface area (Å²) in [7, 11) is 0. The molecule has 1 aromatic rings. The van der Waals surface area contributed by atoms with Crippen molar-refractivity contribution < 1.29 is 4.74 Å². The molecule has 11 heavy (non-hydrogen) atoms. The average Bonchev–Trinajstić information content (AvgIpc) is 2.58. The maximum atomic E-state index is 5.30. The molecule has 2 rings (SSSR count). The van der Waals surface area contributed by atoms with Crippen LogP contribution in [0.5, 0.6) is 0 Å². The minimum atomic E-state index is 0.135. The van der Waals surface area contributed by atoms with Gasteiger partial charge in [-0.05, 0) is 11.6 Å². The second-order valence-electron chi connectivity index (χ2n) is 2.49. The summed E-state index contributed by atoms with van der Waals surface area (Å²) in [4.78, 5) is 0. The number of hydrogen-bond donors (Lipinski definition) is 0. The summed E-state index contributed by atoms with van der Waals surface area (Å²) in [5, 5.41) is 0. The monoisotopic (exact) mass is 145 g/mol. The molecule has 1 heterocycles. The van der Waals surface area contributed by atoms with Crippen molar-refractivity contribution in [2.24, 2.45) is 0 Å². The zero-order valence-corrected chi connectivity index (χ0v) is 6.10. The van der Waals surface area contributed by atoms with Crippen LogP contribution in [0.4, 0.5) is 0 Å². The number of ether oxygens (including phenoxy) is 1. The van der Waals surface area contributed by atoms with E-state index in [1.165, 1.54) is 5.56 Å². The van der Waals surface area contributed by atoms with Gasteiger partial charge in [0.15, 0.2) is 0 Å². The highest BCUT2D eigenvalue weighted by molar-refractivity contribution is 5.24. The Hall–Kier alpha value is -1.24. The van der Waals surface area contributed by atoms with E-state index in [1.807, 2.05) is 30.7 Å². The fourth-order valence-electron chi connectivity index (χ4n) is 1.15. The van der Waals surface area contributed by atoms with E-state index in [0.29, 0.717) is 0 Å². The van der Waals surface area contributed by atoms with E-state index in [4.69, 9.17) is 4.74 Å². The van der Waals surface area contributed by atoms with Crippen molar-refractivity contribution in [2.45, 2.75) is 6.10 Å². The van der Waals surface area contributed by atoms with E-state index in [0.717, 1.165) is 0 Å². The summed E-state index contributed by atoms with van der Waals surface area (Å²) < 4.78 is 5.30. The fraction of sp³-hybridized carbons (Fsp3) is 0.100. The van der Waals surface area contributed by atoms with E-state index in [-0.39, 0.29) is 6.10 Å². The number of benzene rings is 1. The maximum absolute atomic E-state index is 5.30. The lowest BCUT2D eigenvalue weighted by molar-refractivity contribution is 0.198. The molecule has 0 unspecified atom stereocenters. The van der Waals surface area contributed by atoms with Crippen LogP contribution in [-0.4, -0.2) is 0 Å². The molecule has 1 atom stereocenters. The van der Waals surface area contributed by atoms with Gasteiger partial charge in [0.05, 0.1) is 6.26 Å². The first-order valence-corrected chi connectivity index (χ1v) is 3.67. The van der Waals surface area contributed by atoms with Gasteiger partial charge in [-0.25, -0.2) is 0 Å². The summed E-state index contributed by atoms with van der Waals surface area (Å²) in [6.07, 6.45) is 5.82. The molecular weight excluding hydrogens is 136 g/mol. The molecule has 0 aliphatic carbocycles. The van der Waals surface area contributed by atoms with Crippen LogP contribution in [-0.2, 0) is 4.74 Å². The summed E-state index contributed by atoms with van der Waals surface area (Å²) in [6, 6.07) is 10.2. The Morgan fingerprint density at radius 1 is 1.09 bits per heavy atom. The molecule has 1 aliphatic rings. The Bertz CT molecular complexity index is 243. The van der Waals surface area contributed by atoms with Crippen molar-refractivity contribution in [3.05, 3.63) is 54.7 Å². The van der Waals surface area contributed by atoms with E-state index >= 15 is 0 Å². The largest absolute Gasteiger partial charge is 0.493 e. The topological polar surface area (TPSA) is 9.23 Å². The summed E-state index contributed by atoms with van der Waals surface area (Å²) in [5.41, 5.74) is 1.21. The third kappa shape index (κ3) is 1.27. The quantitative estimate of drug-likeness (QED) is 0.589. The van der Waals surface area contributed by atoms with Crippen LogP contribution in [0, 0.1) is 6.42 Å². The van der Waals surface area contributed by atoms with Crippen LogP contribution < -0.4 is 0 Å². The maximum Gasteiger partial charge on any atom is 0.130 e. The summed E-state index contributed by atoms with van der Waals surface area (Å²) >= 11 is 0. The van der Waals surface area contributed by atoms with E-state index in [9.17, 15) is 0 Å². The molecule has 1 aromatic carbocycles. The molecule has 0 saturated heterocycles. The zero-order valence-electron chi connectivity index (χ0n) is 6.10. The van der Waals surface area contributed by atoms with Crippen molar-refractivity contribution in [1.82, 2.24) is 0 Å². The minimum absolute atomic E-state index is 0.135. The van der Waals surface area contributed by atoms with Crippen LogP contribution in [0.1, 0.15) is 11.7 Å². The zero-order chi connectivity index (χ0) is 7.52. The van der Waals surface area contributed by atoms with Gasteiger partial charge in [-0.1, -0.05) is 30.3 Å². The van der Waals surface area contributed by atoms with Crippen molar-refractivity contribution >= 4 is 0 Å². The first-order valence-electron chi connectivity index (χ1n) is 3.67. The normalized spacial score (nSPS) is 21.6. The van der Waals surface area contributed by atoms with Gasteiger partial charge in [-0.3, -0.25) is 0 Å². The van der Waals surface area contributed by atoms with Gasteiger partial charge >= 0.3 is 0 Å². The van der Waals surface area contributed by atoms with E-state index < -0.39 is 0 Å². The number of hydrogen-bond acceptors (Lipinski definition) is 1. The molecule has 1 aliphatic heterocycles. The number of rotatable bonds is 1. The van der Waals surface area contributed by atoms with Gasteiger partial charge in [-0.15, -0.1) is 0 Å². The van der Waals surface area contributed by atoms with Crippen LogP contribution in [0.15, 0.2) is 42.7 Å². The van der Waals surface area contributed by atoms with Gasteiger partial charge in [0.1, 0.15) is 6.10 Å². The highest BCUT2D eigenvalue weighted by Crippen LogP contribution is 2.24. The SMILES string of the molecule is [CH]1C=CO[C@H]1c1ccccc1. The molecule has 0 aromatic heterocycles. The smallest absolute Gasteiger partial charge is 0.130 e. The Morgan fingerprint density at radius 2 is 1.91 bits per heavy atom. The molecule has 0 fully saturated rings.